The van der Waals surface area contributed by atoms with Crippen molar-refractivity contribution < 1.29 is 0 Å². The third kappa shape index (κ3) is 1.71. The van der Waals surface area contributed by atoms with Crippen LogP contribution in [0.3, 0.4) is 0 Å². The lowest BCUT2D eigenvalue weighted by atomic mass is 9.74. The second-order valence-electron chi connectivity index (χ2n) is 5.28. The predicted octanol–water partition coefficient (Wildman–Crippen LogP) is 4.17. The molecular weight excluding hydrogens is 194 g/mol. The van der Waals surface area contributed by atoms with Gasteiger partial charge in [-0.1, -0.05) is 45.9 Å². The molecule has 84 valence electrons. The molecule has 2 aromatic rings. The van der Waals surface area contributed by atoms with Crippen LogP contribution in [0.15, 0.2) is 36.7 Å². The predicted molar refractivity (Wildman–Crippen MR) is 69.6 cm³/mol. The van der Waals surface area contributed by atoms with Crippen LogP contribution in [0.5, 0.6) is 0 Å². The maximum Gasteiger partial charge on any atom is 0.0349 e. The Labute approximate surface area is 97.5 Å². The van der Waals surface area contributed by atoms with Crippen molar-refractivity contribution in [3.63, 3.8) is 0 Å². The normalized spacial score (nSPS) is 12.3. The van der Waals surface area contributed by atoms with Gasteiger partial charge in [-0.25, -0.2) is 0 Å². The fraction of sp³-hybridized carbons (Fsp3) is 0.400. The maximum absolute atomic E-state index is 4.25. The van der Waals surface area contributed by atoms with Crippen molar-refractivity contribution in [1.82, 2.24) is 4.98 Å². The van der Waals surface area contributed by atoms with Gasteiger partial charge in [0.1, 0.15) is 0 Å². The number of nitrogens with zero attached hydrogens (tertiary/aromatic N) is 1. The molecule has 0 saturated carbocycles. The number of pyridine rings is 1. The molecule has 0 aliphatic heterocycles. The zero-order valence-electron chi connectivity index (χ0n) is 10.5. The average molecular weight is 213 g/mol. The zero-order valence-corrected chi connectivity index (χ0v) is 10.5. The Bertz CT molecular complexity index is 492. The van der Waals surface area contributed by atoms with Crippen LogP contribution < -0.4 is 0 Å². The largest absolute Gasteiger partial charge is 0.264 e. The van der Waals surface area contributed by atoms with E-state index < -0.39 is 0 Å². The van der Waals surface area contributed by atoms with Crippen LogP contribution in [0.1, 0.15) is 33.3 Å². The molecule has 0 N–H and O–H groups in total. The summed E-state index contributed by atoms with van der Waals surface area (Å²) in [6.07, 6.45) is 3.84. The first-order valence-electron chi connectivity index (χ1n) is 5.86. The van der Waals surface area contributed by atoms with Gasteiger partial charge in [0.2, 0.25) is 0 Å². The summed E-state index contributed by atoms with van der Waals surface area (Å²) in [6, 6.07) is 8.60. The zero-order chi connectivity index (χ0) is 11.8. The van der Waals surface area contributed by atoms with E-state index in [-0.39, 0.29) is 5.41 Å². The minimum Gasteiger partial charge on any atom is -0.264 e. The molecule has 0 saturated heterocycles. The van der Waals surface area contributed by atoms with Crippen molar-refractivity contribution in [2.24, 2.45) is 5.92 Å². The number of fused-ring (bicyclic) bond motifs is 1. The van der Waals surface area contributed by atoms with Gasteiger partial charge in [-0.2, -0.15) is 0 Å². The summed E-state index contributed by atoms with van der Waals surface area (Å²) in [5.74, 6) is 0.610. The van der Waals surface area contributed by atoms with Crippen molar-refractivity contribution >= 4 is 10.8 Å². The summed E-state index contributed by atoms with van der Waals surface area (Å²) in [6.45, 7) is 9.16. The van der Waals surface area contributed by atoms with E-state index in [0.717, 1.165) is 0 Å². The molecule has 0 atom stereocenters. The molecule has 1 aromatic carbocycles. The Morgan fingerprint density at radius 1 is 1.12 bits per heavy atom. The first-order chi connectivity index (χ1) is 7.53. The van der Waals surface area contributed by atoms with Gasteiger partial charge in [-0.3, -0.25) is 4.98 Å². The minimum absolute atomic E-state index is 0.183. The Morgan fingerprint density at radius 3 is 2.56 bits per heavy atom. The highest BCUT2D eigenvalue weighted by Crippen LogP contribution is 2.35. The van der Waals surface area contributed by atoms with E-state index in [1.54, 1.807) is 0 Å². The molecule has 2 rings (SSSR count). The quantitative estimate of drug-likeness (QED) is 0.729. The van der Waals surface area contributed by atoms with Crippen molar-refractivity contribution in [2.45, 2.75) is 33.1 Å². The Kier molecular flexibility index (Phi) is 2.71. The number of rotatable bonds is 2. The number of hydrogen-bond acceptors (Lipinski definition) is 1. The van der Waals surface area contributed by atoms with Gasteiger partial charge in [0.05, 0.1) is 0 Å². The minimum atomic E-state index is 0.183. The summed E-state index contributed by atoms with van der Waals surface area (Å²) in [4.78, 5) is 4.25. The average Bonchev–Trinajstić information content (AvgIpc) is 2.28. The highest BCUT2D eigenvalue weighted by Gasteiger charge is 2.26. The molecule has 1 heterocycles. The molecule has 0 aliphatic rings. The van der Waals surface area contributed by atoms with Crippen LogP contribution in [0.25, 0.3) is 10.8 Å². The number of benzene rings is 1. The summed E-state index contributed by atoms with van der Waals surface area (Å²) in [5.41, 5.74) is 1.58. The molecular formula is C15H19N. The fourth-order valence-corrected chi connectivity index (χ4v) is 1.99. The molecule has 1 heteroatoms. The van der Waals surface area contributed by atoms with E-state index in [1.807, 2.05) is 12.4 Å². The van der Waals surface area contributed by atoms with E-state index >= 15 is 0 Å². The molecule has 0 aliphatic carbocycles. The van der Waals surface area contributed by atoms with Gasteiger partial charge < -0.3 is 0 Å². The van der Waals surface area contributed by atoms with Gasteiger partial charge in [-0.05, 0) is 28.3 Å². The molecule has 0 unspecified atom stereocenters. The Hall–Kier alpha value is -1.37. The molecule has 16 heavy (non-hydrogen) atoms. The van der Waals surface area contributed by atoms with Gasteiger partial charge in [0.25, 0.3) is 0 Å². The molecule has 0 fully saturated rings. The molecule has 1 aromatic heterocycles. The Balaban J connectivity index is 2.70. The summed E-state index contributed by atoms with van der Waals surface area (Å²) in [5, 5.41) is 2.56. The smallest absolute Gasteiger partial charge is 0.0349 e. The SMILES string of the molecule is CC(C)C(C)(C)c1cccc2ccncc12. The fourth-order valence-electron chi connectivity index (χ4n) is 1.99. The van der Waals surface area contributed by atoms with Gasteiger partial charge in [0, 0.05) is 17.8 Å². The van der Waals surface area contributed by atoms with Crippen LogP contribution in [0.4, 0.5) is 0 Å². The maximum atomic E-state index is 4.25. The van der Waals surface area contributed by atoms with Crippen molar-refractivity contribution in [2.75, 3.05) is 0 Å². The molecule has 0 bridgehead atoms. The van der Waals surface area contributed by atoms with Gasteiger partial charge >= 0.3 is 0 Å². The van der Waals surface area contributed by atoms with E-state index in [9.17, 15) is 0 Å². The number of aromatic nitrogens is 1. The van der Waals surface area contributed by atoms with Crippen LogP contribution in [-0.2, 0) is 5.41 Å². The first-order valence-corrected chi connectivity index (χ1v) is 5.86. The third-order valence-corrected chi connectivity index (χ3v) is 3.82. The van der Waals surface area contributed by atoms with Crippen LogP contribution in [0, 0.1) is 5.92 Å². The molecule has 1 nitrogen and oxygen atoms in total. The molecule has 0 amide bonds. The Morgan fingerprint density at radius 2 is 1.88 bits per heavy atom. The summed E-state index contributed by atoms with van der Waals surface area (Å²) < 4.78 is 0. The van der Waals surface area contributed by atoms with Gasteiger partial charge in [0.15, 0.2) is 0 Å². The van der Waals surface area contributed by atoms with E-state index in [2.05, 4.69) is 56.9 Å². The standard InChI is InChI=1S/C15H19N/c1-11(2)15(3,4)14-7-5-6-12-8-9-16-10-13(12)14/h5-11H,1-4H3. The first kappa shape index (κ1) is 11.1. The highest BCUT2D eigenvalue weighted by atomic mass is 14.6. The summed E-state index contributed by atoms with van der Waals surface area (Å²) >= 11 is 0. The lowest BCUT2D eigenvalue weighted by Crippen LogP contribution is -2.24. The van der Waals surface area contributed by atoms with E-state index in [1.165, 1.54) is 16.3 Å². The van der Waals surface area contributed by atoms with Crippen LogP contribution in [0.2, 0.25) is 0 Å². The number of hydrogen-bond donors (Lipinski definition) is 0. The monoisotopic (exact) mass is 213 g/mol. The van der Waals surface area contributed by atoms with Gasteiger partial charge in [-0.15, -0.1) is 0 Å². The van der Waals surface area contributed by atoms with E-state index in [4.69, 9.17) is 0 Å². The highest BCUT2D eigenvalue weighted by molar-refractivity contribution is 5.85. The van der Waals surface area contributed by atoms with Crippen LogP contribution in [-0.4, -0.2) is 4.98 Å². The topological polar surface area (TPSA) is 12.9 Å². The van der Waals surface area contributed by atoms with Crippen molar-refractivity contribution in [1.29, 1.82) is 0 Å². The van der Waals surface area contributed by atoms with Crippen molar-refractivity contribution in [3.05, 3.63) is 42.2 Å². The molecule has 0 radical (unpaired) electrons. The van der Waals surface area contributed by atoms with Crippen molar-refractivity contribution in [3.8, 4) is 0 Å². The third-order valence-electron chi connectivity index (χ3n) is 3.82. The lowest BCUT2D eigenvalue weighted by molar-refractivity contribution is 0.375. The molecule has 0 spiro atoms. The lowest BCUT2D eigenvalue weighted by Gasteiger charge is -2.31. The van der Waals surface area contributed by atoms with Crippen LogP contribution >= 0.6 is 0 Å². The second-order valence-corrected chi connectivity index (χ2v) is 5.28. The summed E-state index contributed by atoms with van der Waals surface area (Å²) in [7, 11) is 0. The second kappa shape index (κ2) is 3.89. The van der Waals surface area contributed by atoms with E-state index in [0.29, 0.717) is 5.92 Å².